The van der Waals surface area contributed by atoms with Crippen molar-refractivity contribution in [3.63, 3.8) is 0 Å². The van der Waals surface area contributed by atoms with Crippen LogP contribution in [0.3, 0.4) is 0 Å². The van der Waals surface area contributed by atoms with Crippen LogP contribution in [0.4, 0.5) is 5.69 Å². The van der Waals surface area contributed by atoms with Crippen LogP contribution in [-0.2, 0) is 14.4 Å². The molecule has 2 aliphatic carbocycles. The lowest BCUT2D eigenvalue weighted by Gasteiger charge is -2.37. The standard InChI is InChI=1S/C23H23NO3S/c1-21(2)22(3)13-14-23(21,19(26)18(22)25)20(27)24-16-11-7-8-12-17(16)28-15-9-5-4-6-10-15/h4-12H,13-14H2,1-3H3,(H,24,27). The van der Waals surface area contributed by atoms with Gasteiger partial charge in [-0.1, -0.05) is 62.9 Å². The van der Waals surface area contributed by atoms with Gasteiger partial charge in [0.2, 0.25) is 17.5 Å². The second-order valence-corrected chi connectivity index (χ2v) is 9.50. The van der Waals surface area contributed by atoms with E-state index in [2.05, 4.69) is 5.32 Å². The molecule has 28 heavy (non-hydrogen) atoms. The maximum absolute atomic E-state index is 13.4. The van der Waals surface area contributed by atoms with E-state index in [9.17, 15) is 14.4 Å². The number of rotatable bonds is 4. The van der Waals surface area contributed by atoms with Crippen molar-refractivity contribution in [3.8, 4) is 0 Å². The zero-order valence-corrected chi connectivity index (χ0v) is 17.1. The highest BCUT2D eigenvalue weighted by Crippen LogP contribution is 2.69. The summed E-state index contributed by atoms with van der Waals surface area (Å²) >= 11 is 1.55. The van der Waals surface area contributed by atoms with Crippen LogP contribution in [0.5, 0.6) is 0 Å². The molecule has 4 rings (SSSR count). The fourth-order valence-corrected chi connectivity index (χ4v) is 5.70. The highest BCUT2D eigenvalue weighted by Gasteiger charge is 2.77. The fraction of sp³-hybridized carbons (Fsp3) is 0.348. The van der Waals surface area contributed by atoms with E-state index in [1.807, 2.05) is 75.4 Å². The summed E-state index contributed by atoms with van der Waals surface area (Å²) in [5.41, 5.74) is -2.10. The van der Waals surface area contributed by atoms with Gasteiger partial charge in [0.05, 0.1) is 5.69 Å². The van der Waals surface area contributed by atoms with E-state index in [0.29, 0.717) is 18.5 Å². The number of para-hydroxylation sites is 1. The molecular formula is C23H23NO3S. The summed E-state index contributed by atoms with van der Waals surface area (Å²) in [6, 6.07) is 17.4. The molecule has 2 fully saturated rings. The third kappa shape index (κ3) is 2.35. The predicted molar refractivity (Wildman–Crippen MR) is 109 cm³/mol. The van der Waals surface area contributed by atoms with Crippen LogP contribution < -0.4 is 5.32 Å². The smallest absolute Gasteiger partial charge is 0.239 e. The summed E-state index contributed by atoms with van der Waals surface area (Å²) in [4.78, 5) is 40.9. The van der Waals surface area contributed by atoms with E-state index >= 15 is 0 Å². The average molecular weight is 394 g/mol. The zero-order chi connectivity index (χ0) is 20.2. The highest BCUT2D eigenvalue weighted by molar-refractivity contribution is 7.99. The van der Waals surface area contributed by atoms with Gasteiger partial charge in [0.25, 0.3) is 0 Å². The lowest BCUT2D eigenvalue weighted by Crippen LogP contribution is -2.47. The van der Waals surface area contributed by atoms with Crippen molar-refractivity contribution in [1.82, 2.24) is 0 Å². The topological polar surface area (TPSA) is 63.2 Å². The van der Waals surface area contributed by atoms with E-state index in [-0.39, 0.29) is 5.91 Å². The number of carbonyl (C=O) groups excluding carboxylic acids is 3. The zero-order valence-electron chi connectivity index (χ0n) is 16.2. The number of carbonyl (C=O) groups is 3. The summed E-state index contributed by atoms with van der Waals surface area (Å²) in [7, 11) is 0. The van der Waals surface area contributed by atoms with Crippen molar-refractivity contribution >= 4 is 34.9 Å². The quantitative estimate of drug-likeness (QED) is 0.602. The molecule has 5 heteroatoms. The van der Waals surface area contributed by atoms with Crippen LogP contribution in [0.2, 0.25) is 0 Å². The van der Waals surface area contributed by atoms with Crippen molar-refractivity contribution < 1.29 is 14.4 Å². The molecule has 2 aliphatic rings. The van der Waals surface area contributed by atoms with E-state index < -0.39 is 27.8 Å². The first-order valence-corrected chi connectivity index (χ1v) is 10.3. The SMILES string of the molecule is CC12CCC(C(=O)Nc3ccccc3Sc3ccccc3)(C(=O)C1=O)C2(C)C. The number of fused-ring (bicyclic) bond motifs is 2. The molecule has 0 heterocycles. The van der Waals surface area contributed by atoms with Crippen LogP contribution >= 0.6 is 11.8 Å². The Kier molecular flexibility index (Phi) is 4.27. The number of ketones is 2. The molecule has 1 N–H and O–H groups in total. The van der Waals surface area contributed by atoms with Crippen LogP contribution in [0.15, 0.2) is 64.4 Å². The Bertz CT molecular complexity index is 984. The van der Waals surface area contributed by atoms with Gasteiger partial charge in [0, 0.05) is 15.2 Å². The van der Waals surface area contributed by atoms with Crippen molar-refractivity contribution in [1.29, 1.82) is 0 Å². The highest BCUT2D eigenvalue weighted by atomic mass is 32.2. The number of hydrogen-bond acceptors (Lipinski definition) is 4. The van der Waals surface area contributed by atoms with Gasteiger partial charge in [0.1, 0.15) is 5.41 Å². The Labute approximate surface area is 169 Å². The first-order valence-electron chi connectivity index (χ1n) is 9.47. The van der Waals surface area contributed by atoms with Gasteiger partial charge >= 0.3 is 0 Å². The van der Waals surface area contributed by atoms with Crippen LogP contribution in [-0.4, -0.2) is 17.5 Å². The van der Waals surface area contributed by atoms with Crippen LogP contribution in [0, 0.1) is 16.2 Å². The number of amides is 1. The van der Waals surface area contributed by atoms with Gasteiger partial charge in [-0.2, -0.15) is 0 Å². The van der Waals surface area contributed by atoms with E-state index in [1.54, 1.807) is 11.8 Å². The first kappa shape index (κ1) is 18.9. The summed E-state index contributed by atoms with van der Waals surface area (Å²) in [5.74, 6) is -1.29. The molecule has 2 saturated carbocycles. The van der Waals surface area contributed by atoms with Gasteiger partial charge in [-0.25, -0.2) is 0 Å². The normalized spacial score (nSPS) is 27.8. The summed E-state index contributed by atoms with van der Waals surface area (Å²) < 4.78 is 0. The second-order valence-electron chi connectivity index (χ2n) is 8.39. The number of hydrogen-bond donors (Lipinski definition) is 1. The molecule has 0 radical (unpaired) electrons. The molecule has 2 aromatic carbocycles. The Morgan fingerprint density at radius 1 is 0.893 bits per heavy atom. The Hall–Kier alpha value is -2.40. The van der Waals surface area contributed by atoms with Gasteiger partial charge < -0.3 is 5.32 Å². The Morgan fingerprint density at radius 2 is 1.54 bits per heavy atom. The number of nitrogens with one attached hydrogen (secondary N) is 1. The monoisotopic (exact) mass is 393 g/mol. The van der Waals surface area contributed by atoms with Gasteiger partial charge in [-0.15, -0.1) is 0 Å². The Morgan fingerprint density at radius 3 is 2.18 bits per heavy atom. The maximum atomic E-state index is 13.4. The molecule has 4 nitrogen and oxygen atoms in total. The van der Waals surface area contributed by atoms with Crippen LogP contribution in [0.25, 0.3) is 0 Å². The van der Waals surface area contributed by atoms with Gasteiger partial charge in [-0.05, 0) is 42.5 Å². The largest absolute Gasteiger partial charge is 0.324 e. The first-order chi connectivity index (χ1) is 13.2. The van der Waals surface area contributed by atoms with Crippen molar-refractivity contribution in [2.75, 3.05) is 5.32 Å². The number of benzene rings is 2. The summed E-state index contributed by atoms with van der Waals surface area (Å²) in [5, 5.41) is 2.98. The second kappa shape index (κ2) is 6.31. The molecule has 0 aromatic heterocycles. The molecule has 0 saturated heterocycles. The average Bonchev–Trinajstić information content (AvgIpc) is 2.96. The van der Waals surface area contributed by atoms with E-state index in [1.165, 1.54) is 0 Å². The predicted octanol–water partition coefficient (Wildman–Crippen LogP) is 4.74. The van der Waals surface area contributed by atoms with Crippen LogP contribution in [0.1, 0.15) is 33.6 Å². The van der Waals surface area contributed by atoms with Crippen molar-refractivity contribution in [2.45, 2.75) is 43.4 Å². The molecule has 0 spiro atoms. The van der Waals surface area contributed by atoms with E-state index in [0.717, 1.165) is 9.79 Å². The Balaban J connectivity index is 1.67. The molecule has 0 aliphatic heterocycles. The molecular weight excluding hydrogens is 370 g/mol. The van der Waals surface area contributed by atoms with Gasteiger partial charge in [-0.3, -0.25) is 14.4 Å². The minimum absolute atomic E-state index is 0.363. The third-order valence-corrected chi connectivity index (χ3v) is 8.12. The molecule has 144 valence electrons. The third-order valence-electron chi connectivity index (χ3n) is 7.04. The minimum Gasteiger partial charge on any atom is -0.324 e. The lowest BCUT2D eigenvalue weighted by atomic mass is 9.64. The molecule has 1 amide bonds. The number of Topliss-reactive ketones (excluding diaryl/α,β-unsaturated/α-hetero) is 2. The molecule has 2 atom stereocenters. The molecule has 2 unspecified atom stereocenters. The lowest BCUT2D eigenvalue weighted by molar-refractivity contribution is -0.147. The fourth-order valence-electron chi connectivity index (χ4n) is 4.78. The summed E-state index contributed by atoms with van der Waals surface area (Å²) in [6.45, 7) is 5.59. The number of anilines is 1. The molecule has 2 aromatic rings. The van der Waals surface area contributed by atoms with Crippen molar-refractivity contribution in [2.24, 2.45) is 16.2 Å². The maximum Gasteiger partial charge on any atom is 0.239 e. The van der Waals surface area contributed by atoms with Gasteiger partial charge in [0.15, 0.2) is 0 Å². The minimum atomic E-state index is -1.29. The molecule has 2 bridgehead atoms. The van der Waals surface area contributed by atoms with E-state index in [4.69, 9.17) is 0 Å². The van der Waals surface area contributed by atoms with Crippen molar-refractivity contribution in [3.05, 3.63) is 54.6 Å². The summed E-state index contributed by atoms with van der Waals surface area (Å²) in [6.07, 6.45) is 0.985.